The number of likely N-dealkylation sites (tertiary alicyclic amines) is 1. The quantitative estimate of drug-likeness (QED) is 0.860. The summed E-state index contributed by atoms with van der Waals surface area (Å²) in [6.45, 7) is 2.23. The van der Waals surface area contributed by atoms with Crippen LogP contribution in [0.5, 0.6) is 5.75 Å². The number of piperidine rings is 1. The van der Waals surface area contributed by atoms with E-state index in [1.807, 2.05) is 17.0 Å². The number of methoxy groups -OCH3 is 1. The number of hydrogen-bond acceptors (Lipinski definition) is 4. The van der Waals surface area contributed by atoms with Crippen molar-refractivity contribution in [3.05, 3.63) is 29.8 Å². The van der Waals surface area contributed by atoms with E-state index >= 15 is 0 Å². The van der Waals surface area contributed by atoms with Crippen LogP contribution in [0.15, 0.2) is 24.3 Å². The van der Waals surface area contributed by atoms with E-state index in [4.69, 9.17) is 4.74 Å². The normalized spacial score (nSPS) is 25.0. The van der Waals surface area contributed by atoms with Crippen molar-refractivity contribution in [2.45, 2.75) is 44.2 Å². The summed E-state index contributed by atoms with van der Waals surface area (Å²) in [6.07, 6.45) is 4.60. The number of carbonyl (C=O) groups excluding carboxylic acids is 1. The average molecular weight is 332 g/mol. The molecular formula is C19H28N2O3. The maximum Gasteiger partial charge on any atom is 0.239 e. The van der Waals surface area contributed by atoms with Crippen LogP contribution < -0.4 is 10.1 Å². The Labute approximate surface area is 144 Å². The zero-order chi connectivity index (χ0) is 16.9. The summed E-state index contributed by atoms with van der Waals surface area (Å²) >= 11 is 0. The topological polar surface area (TPSA) is 61.8 Å². The smallest absolute Gasteiger partial charge is 0.239 e. The first-order valence-electron chi connectivity index (χ1n) is 8.99. The lowest BCUT2D eigenvalue weighted by Crippen LogP contribution is -2.47. The van der Waals surface area contributed by atoms with Crippen LogP contribution in [0, 0.1) is 5.92 Å². The van der Waals surface area contributed by atoms with Gasteiger partial charge in [0.25, 0.3) is 0 Å². The number of β-amino-alcohol motifs (C(OH)–C–C–N with tert-alkyl or cyclic N) is 1. The molecule has 3 rings (SSSR count). The van der Waals surface area contributed by atoms with Gasteiger partial charge in [-0.1, -0.05) is 12.1 Å². The number of aryl methyl sites for hydroxylation is 1. The molecule has 0 aliphatic carbocycles. The predicted octanol–water partition coefficient (Wildman–Crippen LogP) is 1.59. The molecule has 1 amide bonds. The highest BCUT2D eigenvalue weighted by atomic mass is 16.5. The van der Waals surface area contributed by atoms with Gasteiger partial charge in [0.05, 0.1) is 19.3 Å². The summed E-state index contributed by atoms with van der Waals surface area (Å²) in [5.74, 6) is 1.76. The predicted molar refractivity (Wildman–Crippen MR) is 93.0 cm³/mol. The number of rotatable bonds is 5. The Hall–Kier alpha value is -1.59. The Morgan fingerprint density at radius 2 is 2.00 bits per heavy atom. The van der Waals surface area contributed by atoms with Crippen molar-refractivity contribution in [3.63, 3.8) is 0 Å². The van der Waals surface area contributed by atoms with E-state index in [9.17, 15) is 9.90 Å². The molecule has 2 aliphatic rings. The van der Waals surface area contributed by atoms with E-state index in [0.29, 0.717) is 18.9 Å². The highest BCUT2D eigenvalue weighted by molar-refractivity contribution is 5.82. The minimum atomic E-state index is -0.374. The molecule has 0 spiro atoms. The molecule has 2 saturated heterocycles. The van der Waals surface area contributed by atoms with Gasteiger partial charge in [0.15, 0.2) is 0 Å². The van der Waals surface area contributed by atoms with E-state index in [1.165, 1.54) is 12.0 Å². The monoisotopic (exact) mass is 332 g/mol. The number of benzene rings is 1. The van der Waals surface area contributed by atoms with Crippen molar-refractivity contribution in [2.24, 2.45) is 5.92 Å². The lowest BCUT2D eigenvalue weighted by atomic mass is 9.90. The molecule has 0 radical (unpaired) electrons. The molecule has 2 heterocycles. The molecule has 5 nitrogen and oxygen atoms in total. The molecule has 2 aliphatic heterocycles. The van der Waals surface area contributed by atoms with E-state index in [2.05, 4.69) is 17.4 Å². The fourth-order valence-corrected chi connectivity index (χ4v) is 3.73. The molecule has 2 N–H and O–H groups in total. The van der Waals surface area contributed by atoms with Crippen LogP contribution in [0.4, 0.5) is 0 Å². The average Bonchev–Trinajstić information content (AvgIpc) is 3.06. The Morgan fingerprint density at radius 3 is 2.58 bits per heavy atom. The molecular weight excluding hydrogens is 304 g/mol. The maximum absolute atomic E-state index is 12.4. The Morgan fingerprint density at radius 1 is 1.29 bits per heavy atom. The summed E-state index contributed by atoms with van der Waals surface area (Å²) in [5, 5.41) is 12.7. The zero-order valence-corrected chi connectivity index (χ0v) is 14.4. The molecule has 1 aromatic carbocycles. The largest absolute Gasteiger partial charge is 0.497 e. The van der Waals surface area contributed by atoms with Gasteiger partial charge in [0.1, 0.15) is 5.75 Å². The van der Waals surface area contributed by atoms with Crippen molar-refractivity contribution in [2.75, 3.05) is 26.7 Å². The standard InChI is InChI=1S/C19H28N2O3/c1-24-17-6-4-14(5-7-17)2-3-15-8-10-21(11-9-15)19(23)18-12-16(22)13-20-18/h4-7,15-16,18,20,22H,2-3,8-13H2,1H3. The molecule has 0 bridgehead atoms. The lowest BCUT2D eigenvalue weighted by Gasteiger charge is -2.33. The van der Waals surface area contributed by atoms with Crippen LogP contribution in [-0.4, -0.2) is 54.8 Å². The van der Waals surface area contributed by atoms with Crippen LogP contribution in [-0.2, 0) is 11.2 Å². The third kappa shape index (κ3) is 4.28. The fraction of sp³-hybridized carbons (Fsp3) is 0.632. The van der Waals surface area contributed by atoms with Crippen molar-refractivity contribution in [1.29, 1.82) is 0 Å². The van der Waals surface area contributed by atoms with E-state index in [0.717, 1.165) is 38.1 Å². The second kappa shape index (κ2) is 7.99. The molecule has 2 atom stereocenters. The van der Waals surface area contributed by atoms with Crippen LogP contribution in [0.2, 0.25) is 0 Å². The first kappa shape index (κ1) is 17.2. The molecule has 1 aromatic rings. The molecule has 2 unspecified atom stereocenters. The van der Waals surface area contributed by atoms with E-state index in [-0.39, 0.29) is 18.1 Å². The first-order valence-corrected chi connectivity index (χ1v) is 8.99. The van der Waals surface area contributed by atoms with Gasteiger partial charge < -0.3 is 20.1 Å². The number of nitrogens with zero attached hydrogens (tertiary/aromatic N) is 1. The second-order valence-electron chi connectivity index (χ2n) is 7.01. The van der Waals surface area contributed by atoms with Crippen LogP contribution in [0.25, 0.3) is 0 Å². The molecule has 0 saturated carbocycles. The second-order valence-corrected chi connectivity index (χ2v) is 7.01. The van der Waals surface area contributed by atoms with Crippen molar-refractivity contribution < 1.29 is 14.6 Å². The van der Waals surface area contributed by atoms with Gasteiger partial charge in [-0.3, -0.25) is 4.79 Å². The Bertz CT molecular complexity index is 538. The highest BCUT2D eigenvalue weighted by Crippen LogP contribution is 2.24. The first-order chi connectivity index (χ1) is 11.7. The highest BCUT2D eigenvalue weighted by Gasteiger charge is 2.32. The number of aliphatic hydroxyl groups excluding tert-OH is 1. The minimum Gasteiger partial charge on any atom is -0.497 e. The van der Waals surface area contributed by atoms with Gasteiger partial charge in [0, 0.05) is 19.6 Å². The molecule has 24 heavy (non-hydrogen) atoms. The number of ether oxygens (including phenoxy) is 1. The maximum atomic E-state index is 12.4. The zero-order valence-electron chi connectivity index (χ0n) is 14.4. The molecule has 0 aromatic heterocycles. The summed E-state index contributed by atoms with van der Waals surface area (Å²) in [7, 11) is 1.69. The minimum absolute atomic E-state index is 0.167. The van der Waals surface area contributed by atoms with Gasteiger partial charge in [-0.05, 0) is 55.7 Å². The van der Waals surface area contributed by atoms with E-state index < -0.39 is 0 Å². The Kier molecular flexibility index (Phi) is 5.74. The van der Waals surface area contributed by atoms with Crippen LogP contribution in [0.1, 0.15) is 31.2 Å². The summed E-state index contributed by atoms with van der Waals surface area (Å²) in [4.78, 5) is 14.4. The third-order valence-electron chi connectivity index (χ3n) is 5.33. The summed E-state index contributed by atoms with van der Waals surface area (Å²) in [5.41, 5.74) is 1.35. The molecule has 132 valence electrons. The van der Waals surface area contributed by atoms with Crippen LogP contribution in [0.3, 0.4) is 0 Å². The van der Waals surface area contributed by atoms with Crippen molar-refractivity contribution in [1.82, 2.24) is 10.2 Å². The van der Waals surface area contributed by atoms with E-state index in [1.54, 1.807) is 7.11 Å². The number of amides is 1. The van der Waals surface area contributed by atoms with Gasteiger partial charge in [-0.15, -0.1) is 0 Å². The van der Waals surface area contributed by atoms with Gasteiger partial charge in [-0.25, -0.2) is 0 Å². The third-order valence-corrected chi connectivity index (χ3v) is 5.33. The number of carbonyl (C=O) groups is 1. The molecule has 2 fully saturated rings. The van der Waals surface area contributed by atoms with Gasteiger partial charge >= 0.3 is 0 Å². The number of nitrogens with one attached hydrogen (secondary N) is 1. The summed E-state index contributed by atoms with van der Waals surface area (Å²) in [6, 6.07) is 8.11. The van der Waals surface area contributed by atoms with Crippen molar-refractivity contribution >= 4 is 5.91 Å². The fourth-order valence-electron chi connectivity index (χ4n) is 3.73. The number of hydrogen-bond donors (Lipinski definition) is 2. The van der Waals surface area contributed by atoms with Crippen molar-refractivity contribution in [3.8, 4) is 5.75 Å². The van der Waals surface area contributed by atoms with Gasteiger partial charge in [0.2, 0.25) is 5.91 Å². The van der Waals surface area contributed by atoms with Gasteiger partial charge in [-0.2, -0.15) is 0 Å². The molecule has 5 heteroatoms. The Balaban J connectivity index is 1.41. The SMILES string of the molecule is COc1ccc(CCC2CCN(C(=O)C3CC(O)CN3)CC2)cc1. The van der Waals surface area contributed by atoms with Crippen LogP contribution >= 0.6 is 0 Å². The summed E-state index contributed by atoms with van der Waals surface area (Å²) < 4.78 is 5.19. The lowest BCUT2D eigenvalue weighted by molar-refractivity contribution is -0.134. The number of aliphatic hydroxyl groups is 1.